The van der Waals surface area contributed by atoms with Crippen molar-refractivity contribution in [3.05, 3.63) is 17.3 Å². The summed E-state index contributed by atoms with van der Waals surface area (Å²) in [5.74, 6) is 0.00472. The van der Waals surface area contributed by atoms with Crippen molar-refractivity contribution < 1.29 is 9.90 Å². The third-order valence-corrected chi connectivity index (χ3v) is 3.59. The number of aromatic nitrogens is 2. The van der Waals surface area contributed by atoms with E-state index in [-0.39, 0.29) is 12.5 Å². The van der Waals surface area contributed by atoms with Gasteiger partial charge >= 0.3 is 5.97 Å². The molecule has 0 fully saturated rings. The van der Waals surface area contributed by atoms with Gasteiger partial charge in [0.2, 0.25) is 0 Å². The molecule has 0 saturated carbocycles. The van der Waals surface area contributed by atoms with E-state index in [1.165, 1.54) is 11.2 Å². The third kappa shape index (κ3) is 2.95. The number of carboxylic acid groups (broad SMARTS) is 1. The lowest BCUT2D eigenvalue weighted by Crippen LogP contribution is -2.17. The molecule has 1 atom stereocenters. The summed E-state index contributed by atoms with van der Waals surface area (Å²) in [6.45, 7) is 3.99. The smallest absolute Gasteiger partial charge is 0.303 e. The van der Waals surface area contributed by atoms with Crippen LogP contribution >= 0.6 is 11.3 Å². The Morgan fingerprint density at radius 1 is 1.56 bits per heavy atom. The van der Waals surface area contributed by atoms with Crippen molar-refractivity contribution >= 4 is 33.3 Å². The standard InChI is InChI=1S/C12H15N3O2S/c1-7(3-4-10(16)17)15-11-9-5-8(2)18-12(9)14-6-13-11/h5-7H,3-4H2,1-2H3,(H,16,17)(H,13,14,15). The Bertz CT molecular complexity index is 567. The highest BCUT2D eigenvalue weighted by atomic mass is 32.1. The molecule has 0 radical (unpaired) electrons. The summed E-state index contributed by atoms with van der Waals surface area (Å²) in [6, 6.07) is 2.12. The number of nitrogens with one attached hydrogen (secondary N) is 1. The predicted octanol–water partition coefficient (Wildman–Crippen LogP) is 2.66. The summed E-state index contributed by atoms with van der Waals surface area (Å²) < 4.78 is 0. The van der Waals surface area contributed by atoms with Crippen LogP contribution in [0.25, 0.3) is 10.2 Å². The second-order valence-corrected chi connectivity index (χ2v) is 5.51. The Labute approximate surface area is 109 Å². The first kappa shape index (κ1) is 12.8. The zero-order valence-corrected chi connectivity index (χ0v) is 11.1. The Morgan fingerprint density at radius 3 is 3.06 bits per heavy atom. The molecule has 2 aromatic heterocycles. The number of hydrogen-bond acceptors (Lipinski definition) is 5. The Kier molecular flexibility index (Phi) is 3.76. The summed E-state index contributed by atoms with van der Waals surface area (Å²) in [6.07, 6.45) is 2.26. The van der Waals surface area contributed by atoms with Crippen molar-refractivity contribution in [2.24, 2.45) is 0 Å². The van der Waals surface area contributed by atoms with Crippen LogP contribution in [0, 0.1) is 6.92 Å². The lowest BCUT2D eigenvalue weighted by atomic mass is 10.2. The summed E-state index contributed by atoms with van der Waals surface area (Å²) >= 11 is 1.63. The van der Waals surface area contributed by atoms with Gasteiger partial charge in [0, 0.05) is 17.3 Å². The minimum Gasteiger partial charge on any atom is -0.481 e. The molecule has 0 amide bonds. The average molecular weight is 265 g/mol. The molecule has 0 aliphatic heterocycles. The van der Waals surface area contributed by atoms with Crippen LogP contribution in [0.2, 0.25) is 0 Å². The number of carbonyl (C=O) groups is 1. The van der Waals surface area contributed by atoms with E-state index >= 15 is 0 Å². The first-order valence-corrected chi connectivity index (χ1v) is 6.57. The first-order valence-electron chi connectivity index (χ1n) is 5.75. The molecular weight excluding hydrogens is 250 g/mol. The SMILES string of the molecule is Cc1cc2c(NC(C)CCC(=O)O)ncnc2s1. The van der Waals surface area contributed by atoms with E-state index in [2.05, 4.69) is 15.3 Å². The van der Waals surface area contributed by atoms with Crippen molar-refractivity contribution in [3.8, 4) is 0 Å². The molecule has 1 unspecified atom stereocenters. The molecule has 0 spiro atoms. The summed E-state index contributed by atoms with van der Waals surface area (Å²) in [7, 11) is 0. The lowest BCUT2D eigenvalue weighted by molar-refractivity contribution is -0.137. The molecule has 2 aromatic rings. The summed E-state index contributed by atoms with van der Waals surface area (Å²) in [4.78, 5) is 21.1. The van der Waals surface area contributed by atoms with Gasteiger partial charge in [-0.1, -0.05) is 0 Å². The minimum absolute atomic E-state index is 0.0689. The molecule has 5 nitrogen and oxygen atoms in total. The van der Waals surface area contributed by atoms with Gasteiger partial charge in [-0.05, 0) is 26.3 Å². The molecule has 0 aromatic carbocycles. The van der Waals surface area contributed by atoms with Gasteiger partial charge in [0.15, 0.2) is 0 Å². The van der Waals surface area contributed by atoms with Crippen LogP contribution in [0.5, 0.6) is 0 Å². The Balaban J connectivity index is 2.13. The van der Waals surface area contributed by atoms with Crippen LogP contribution in [0.15, 0.2) is 12.4 Å². The fourth-order valence-corrected chi connectivity index (χ4v) is 2.58. The zero-order chi connectivity index (χ0) is 13.1. The van der Waals surface area contributed by atoms with Crippen LogP contribution < -0.4 is 5.32 Å². The maximum absolute atomic E-state index is 10.5. The number of anilines is 1. The van der Waals surface area contributed by atoms with Crippen molar-refractivity contribution in [2.75, 3.05) is 5.32 Å². The topological polar surface area (TPSA) is 75.1 Å². The average Bonchev–Trinajstić information content (AvgIpc) is 2.68. The van der Waals surface area contributed by atoms with E-state index < -0.39 is 5.97 Å². The quantitative estimate of drug-likeness (QED) is 0.869. The maximum atomic E-state index is 10.5. The molecule has 18 heavy (non-hydrogen) atoms. The molecule has 96 valence electrons. The number of nitrogens with zero attached hydrogens (tertiary/aromatic N) is 2. The van der Waals surface area contributed by atoms with Gasteiger partial charge in [-0.15, -0.1) is 11.3 Å². The summed E-state index contributed by atoms with van der Waals surface area (Å²) in [5, 5.41) is 12.9. The molecule has 0 bridgehead atoms. The van der Waals surface area contributed by atoms with Gasteiger partial charge in [0.25, 0.3) is 0 Å². The van der Waals surface area contributed by atoms with Crippen molar-refractivity contribution in [1.29, 1.82) is 0 Å². The van der Waals surface area contributed by atoms with Gasteiger partial charge < -0.3 is 10.4 Å². The van der Waals surface area contributed by atoms with Crippen LogP contribution in [0.1, 0.15) is 24.6 Å². The molecule has 0 saturated heterocycles. The predicted molar refractivity (Wildman–Crippen MR) is 72.1 cm³/mol. The molecule has 0 aliphatic rings. The highest BCUT2D eigenvalue weighted by Gasteiger charge is 2.10. The van der Waals surface area contributed by atoms with Gasteiger partial charge in [0.1, 0.15) is 17.0 Å². The van der Waals surface area contributed by atoms with E-state index in [0.717, 1.165) is 16.0 Å². The van der Waals surface area contributed by atoms with Crippen LogP contribution in [-0.4, -0.2) is 27.1 Å². The van der Waals surface area contributed by atoms with E-state index in [4.69, 9.17) is 5.11 Å². The van der Waals surface area contributed by atoms with Crippen molar-refractivity contribution in [1.82, 2.24) is 9.97 Å². The monoisotopic (exact) mass is 265 g/mol. The molecule has 6 heteroatoms. The minimum atomic E-state index is -0.775. The van der Waals surface area contributed by atoms with Gasteiger partial charge in [-0.2, -0.15) is 0 Å². The highest BCUT2D eigenvalue weighted by molar-refractivity contribution is 7.18. The van der Waals surface area contributed by atoms with E-state index in [0.29, 0.717) is 6.42 Å². The molecule has 2 heterocycles. The second kappa shape index (κ2) is 5.30. The number of hydrogen-bond donors (Lipinski definition) is 2. The lowest BCUT2D eigenvalue weighted by Gasteiger charge is -2.13. The van der Waals surface area contributed by atoms with Gasteiger partial charge in [-0.3, -0.25) is 4.79 Å². The van der Waals surface area contributed by atoms with E-state index in [1.807, 2.05) is 19.9 Å². The normalized spacial score (nSPS) is 12.6. The summed E-state index contributed by atoms with van der Waals surface area (Å²) in [5.41, 5.74) is 0. The zero-order valence-electron chi connectivity index (χ0n) is 10.3. The second-order valence-electron chi connectivity index (χ2n) is 4.28. The number of fused-ring (bicyclic) bond motifs is 1. The van der Waals surface area contributed by atoms with Crippen molar-refractivity contribution in [2.45, 2.75) is 32.7 Å². The van der Waals surface area contributed by atoms with Crippen LogP contribution in [-0.2, 0) is 4.79 Å². The van der Waals surface area contributed by atoms with Crippen LogP contribution in [0.4, 0.5) is 5.82 Å². The third-order valence-electron chi connectivity index (χ3n) is 2.63. The number of carboxylic acids is 1. The highest BCUT2D eigenvalue weighted by Crippen LogP contribution is 2.27. The van der Waals surface area contributed by atoms with Gasteiger partial charge in [0.05, 0.1) is 5.39 Å². The molecule has 2 rings (SSSR count). The Morgan fingerprint density at radius 2 is 2.33 bits per heavy atom. The number of thiophene rings is 1. The van der Waals surface area contributed by atoms with Gasteiger partial charge in [-0.25, -0.2) is 9.97 Å². The number of rotatable bonds is 5. The van der Waals surface area contributed by atoms with E-state index in [1.54, 1.807) is 11.3 Å². The molecular formula is C12H15N3O2S. The first-order chi connectivity index (χ1) is 8.56. The number of aryl methyl sites for hydroxylation is 1. The number of aliphatic carboxylic acids is 1. The van der Waals surface area contributed by atoms with Crippen LogP contribution in [0.3, 0.4) is 0 Å². The van der Waals surface area contributed by atoms with E-state index in [9.17, 15) is 4.79 Å². The Hall–Kier alpha value is -1.69. The fourth-order valence-electron chi connectivity index (χ4n) is 1.74. The fraction of sp³-hybridized carbons (Fsp3) is 0.417. The molecule has 0 aliphatic carbocycles. The maximum Gasteiger partial charge on any atom is 0.303 e. The largest absolute Gasteiger partial charge is 0.481 e. The molecule has 2 N–H and O–H groups in total. The van der Waals surface area contributed by atoms with Crippen molar-refractivity contribution in [3.63, 3.8) is 0 Å².